The van der Waals surface area contributed by atoms with Crippen LogP contribution in [0.25, 0.3) is 10.2 Å². The average molecular weight is 481 g/mol. The topological polar surface area (TPSA) is 92.6 Å². The molecule has 4 heterocycles. The van der Waals surface area contributed by atoms with E-state index in [1.54, 1.807) is 11.8 Å². The minimum Gasteiger partial charge on any atom is -0.341 e. The Balaban J connectivity index is 1.68. The number of aromatic nitrogens is 2. The van der Waals surface area contributed by atoms with Gasteiger partial charge in [0.1, 0.15) is 16.3 Å². The molecule has 10 heteroatoms. The maximum atomic E-state index is 13.5. The Hall–Kier alpha value is -1.78. The van der Waals surface area contributed by atoms with E-state index in [1.165, 1.54) is 26.5 Å². The zero-order valence-corrected chi connectivity index (χ0v) is 20.8. The lowest BCUT2D eigenvalue weighted by atomic mass is 9.92. The summed E-state index contributed by atoms with van der Waals surface area (Å²) in [6, 6.07) is 0. The van der Waals surface area contributed by atoms with Gasteiger partial charge in [-0.15, -0.1) is 11.3 Å². The number of aryl methyl sites for hydroxylation is 1. The minimum atomic E-state index is -3.81. The molecule has 2 unspecified atom stereocenters. The van der Waals surface area contributed by atoms with Crippen molar-refractivity contribution >= 4 is 37.5 Å². The monoisotopic (exact) mass is 480 g/mol. The maximum absolute atomic E-state index is 13.5. The Morgan fingerprint density at radius 2 is 1.75 bits per heavy atom. The molecule has 176 valence electrons. The number of fused-ring (bicyclic) bond motifs is 1. The first-order valence-electron chi connectivity index (χ1n) is 11.3. The SMILES string of the molecule is Cc1sc2ncn(CC(=O)N3CC(C)CC(C)C3)c(=O)c2c1S(=O)(=O)N1CCC(C)CC1. The first-order valence-corrected chi connectivity index (χ1v) is 13.6. The molecule has 4 rings (SSSR count). The third-order valence-electron chi connectivity index (χ3n) is 6.67. The highest BCUT2D eigenvalue weighted by Gasteiger charge is 2.34. The number of amides is 1. The molecule has 2 fully saturated rings. The molecule has 2 aromatic rings. The van der Waals surface area contributed by atoms with Crippen LogP contribution in [0.5, 0.6) is 0 Å². The van der Waals surface area contributed by atoms with Crippen molar-refractivity contribution in [3.8, 4) is 0 Å². The van der Waals surface area contributed by atoms with Crippen molar-refractivity contribution in [2.24, 2.45) is 17.8 Å². The summed E-state index contributed by atoms with van der Waals surface area (Å²) in [5.74, 6) is 1.20. The van der Waals surface area contributed by atoms with Crippen LogP contribution in [0.15, 0.2) is 16.0 Å². The van der Waals surface area contributed by atoms with E-state index in [-0.39, 0.29) is 22.7 Å². The lowest BCUT2D eigenvalue weighted by Gasteiger charge is -2.35. The quantitative estimate of drug-likeness (QED) is 0.671. The molecule has 2 saturated heterocycles. The van der Waals surface area contributed by atoms with Crippen LogP contribution in [0.4, 0.5) is 0 Å². The summed E-state index contributed by atoms with van der Waals surface area (Å²) in [5.41, 5.74) is -0.463. The summed E-state index contributed by atoms with van der Waals surface area (Å²) in [6.07, 6.45) is 4.07. The van der Waals surface area contributed by atoms with Gasteiger partial charge in [0, 0.05) is 31.1 Å². The molecular weight excluding hydrogens is 448 g/mol. The smallest absolute Gasteiger partial charge is 0.263 e. The van der Waals surface area contributed by atoms with Crippen molar-refractivity contribution in [1.29, 1.82) is 0 Å². The molecule has 0 radical (unpaired) electrons. The summed E-state index contributed by atoms with van der Waals surface area (Å²) in [5, 5.41) is 0.113. The Bertz CT molecular complexity index is 1170. The van der Waals surface area contributed by atoms with Gasteiger partial charge in [-0.3, -0.25) is 14.2 Å². The highest BCUT2D eigenvalue weighted by atomic mass is 32.2. The average Bonchev–Trinajstić information content (AvgIpc) is 3.07. The van der Waals surface area contributed by atoms with Crippen molar-refractivity contribution in [2.75, 3.05) is 26.2 Å². The number of rotatable bonds is 4. The predicted molar refractivity (Wildman–Crippen MR) is 125 cm³/mol. The normalized spacial score (nSPS) is 23.7. The fourth-order valence-corrected chi connectivity index (χ4v) is 8.14. The third kappa shape index (κ3) is 4.36. The molecule has 0 aromatic carbocycles. The van der Waals surface area contributed by atoms with E-state index in [4.69, 9.17) is 0 Å². The summed E-state index contributed by atoms with van der Waals surface area (Å²) >= 11 is 1.21. The van der Waals surface area contributed by atoms with Crippen molar-refractivity contribution in [2.45, 2.75) is 58.4 Å². The number of hydrogen-bond acceptors (Lipinski definition) is 6. The van der Waals surface area contributed by atoms with Gasteiger partial charge < -0.3 is 4.90 Å². The summed E-state index contributed by atoms with van der Waals surface area (Å²) in [7, 11) is -3.81. The summed E-state index contributed by atoms with van der Waals surface area (Å²) in [6.45, 7) is 10.2. The molecule has 0 aliphatic carbocycles. The highest BCUT2D eigenvalue weighted by Crippen LogP contribution is 2.34. The molecule has 2 atom stereocenters. The minimum absolute atomic E-state index is 0.0616. The van der Waals surface area contributed by atoms with Gasteiger partial charge in [0.2, 0.25) is 15.9 Å². The molecule has 2 aliphatic heterocycles. The van der Waals surface area contributed by atoms with Gasteiger partial charge in [0.15, 0.2) is 0 Å². The number of nitrogens with zero attached hydrogens (tertiary/aromatic N) is 4. The van der Waals surface area contributed by atoms with Gasteiger partial charge >= 0.3 is 0 Å². The van der Waals surface area contributed by atoms with Gasteiger partial charge in [-0.05, 0) is 43.9 Å². The van der Waals surface area contributed by atoms with Crippen LogP contribution >= 0.6 is 11.3 Å². The lowest BCUT2D eigenvalue weighted by Crippen LogP contribution is -2.45. The van der Waals surface area contributed by atoms with Crippen LogP contribution in [-0.2, 0) is 21.4 Å². The Morgan fingerprint density at radius 1 is 1.12 bits per heavy atom. The maximum Gasteiger partial charge on any atom is 0.263 e. The largest absolute Gasteiger partial charge is 0.341 e. The van der Waals surface area contributed by atoms with E-state index in [2.05, 4.69) is 25.8 Å². The fourth-order valence-electron chi connectivity index (χ4n) is 5.00. The molecule has 2 aliphatic rings. The lowest BCUT2D eigenvalue weighted by molar-refractivity contribution is -0.134. The molecule has 0 bridgehead atoms. The van der Waals surface area contributed by atoms with Gasteiger partial charge in [-0.2, -0.15) is 4.31 Å². The second-order valence-corrected chi connectivity index (χ2v) is 12.8. The molecule has 32 heavy (non-hydrogen) atoms. The number of carbonyl (C=O) groups excluding carboxylic acids is 1. The number of likely N-dealkylation sites (tertiary alicyclic amines) is 1. The van der Waals surface area contributed by atoms with Crippen molar-refractivity contribution < 1.29 is 13.2 Å². The van der Waals surface area contributed by atoms with Crippen LogP contribution in [-0.4, -0.2) is 59.3 Å². The van der Waals surface area contributed by atoms with Crippen LogP contribution in [0.3, 0.4) is 0 Å². The second kappa shape index (κ2) is 8.87. The zero-order chi connectivity index (χ0) is 23.2. The van der Waals surface area contributed by atoms with E-state index >= 15 is 0 Å². The summed E-state index contributed by atoms with van der Waals surface area (Å²) < 4.78 is 29.7. The van der Waals surface area contributed by atoms with Crippen LogP contribution in [0.1, 0.15) is 44.9 Å². The van der Waals surface area contributed by atoms with Crippen LogP contribution in [0, 0.1) is 24.7 Å². The van der Waals surface area contributed by atoms with Gasteiger partial charge in [-0.1, -0.05) is 20.8 Å². The summed E-state index contributed by atoms with van der Waals surface area (Å²) in [4.78, 5) is 33.5. The molecule has 8 nitrogen and oxygen atoms in total. The number of thiophene rings is 1. The third-order valence-corrected chi connectivity index (χ3v) is 9.88. The molecule has 0 spiro atoms. The van der Waals surface area contributed by atoms with E-state index in [0.29, 0.717) is 53.6 Å². The van der Waals surface area contributed by atoms with E-state index in [9.17, 15) is 18.0 Å². The van der Waals surface area contributed by atoms with E-state index in [0.717, 1.165) is 19.3 Å². The van der Waals surface area contributed by atoms with Gasteiger partial charge in [0.05, 0.1) is 11.7 Å². The zero-order valence-electron chi connectivity index (χ0n) is 19.2. The first-order chi connectivity index (χ1) is 15.1. The van der Waals surface area contributed by atoms with Gasteiger partial charge in [0.25, 0.3) is 5.56 Å². The number of hydrogen-bond donors (Lipinski definition) is 0. The number of piperidine rings is 2. The standard InChI is InChI=1S/C22H32N4O4S2/c1-14-5-7-26(8-6-14)32(29,30)20-17(4)31-21-19(20)22(28)25(13-23-21)12-18(27)24-10-15(2)9-16(3)11-24/h13-16H,5-12H2,1-4H3. The van der Waals surface area contributed by atoms with Crippen LogP contribution < -0.4 is 5.56 Å². The molecule has 2 aromatic heterocycles. The fraction of sp³-hybridized carbons (Fsp3) is 0.682. The Kier molecular flexibility index (Phi) is 6.48. The highest BCUT2D eigenvalue weighted by molar-refractivity contribution is 7.89. The van der Waals surface area contributed by atoms with Crippen molar-refractivity contribution in [3.05, 3.63) is 21.6 Å². The Morgan fingerprint density at radius 3 is 2.38 bits per heavy atom. The molecular formula is C22H32N4O4S2. The van der Waals surface area contributed by atoms with E-state index < -0.39 is 15.6 Å². The molecule has 0 saturated carbocycles. The van der Waals surface area contributed by atoms with Crippen LogP contribution in [0.2, 0.25) is 0 Å². The van der Waals surface area contributed by atoms with Crippen molar-refractivity contribution in [1.82, 2.24) is 18.8 Å². The van der Waals surface area contributed by atoms with E-state index in [1.807, 2.05) is 0 Å². The van der Waals surface area contributed by atoms with Crippen molar-refractivity contribution in [3.63, 3.8) is 0 Å². The molecule has 0 N–H and O–H groups in total. The first kappa shape index (κ1) is 23.4. The molecule has 1 amide bonds. The second-order valence-electron chi connectivity index (χ2n) is 9.68. The number of sulfonamides is 1. The van der Waals surface area contributed by atoms with Gasteiger partial charge in [-0.25, -0.2) is 13.4 Å². The Labute approximate surface area is 193 Å². The number of carbonyl (C=O) groups is 1. The predicted octanol–water partition coefficient (Wildman–Crippen LogP) is 2.69.